The second kappa shape index (κ2) is 7.61. The molecular formula is C19H18N6S2. The minimum absolute atomic E-state index is 0.156. The highest BCUT2D eigenvalue weighted by atomic mass is 32.2. The van der Waals surface area contributed by atoms with E-state index in [4.69, 9.17) is 5.26 Å². The lowest BCUT2D eigenvalue weighted by Gasteiger charge is -2.11. The van der Waals surface area contributed by atoms with Crippen LogP contribution in [-0.2, 0) is 6.54 Å². The average molecular weight is 395 g/mol. The summed E-state index contributed by atoms with van der Waals surface area (Å²) in [5, 5.41) is 20.3. The molecular weight excluding hydrogens is 376 g/mol. The fourth-order valence-corrected chi connectivity index (χ4v) is 5.14. The Morgan fingerprint density at radius 3 is 3.11 bits per heavy atom. The number of anilines is 1. The number of likely N-dealkylation sites (tertiary alicyclic amines) is 1. The number of hydrogen-bond donors (Lipinski definition) is 2. The third kappa shape index (κ3) is 3.65. The molecule has 1 saturated heterocycles. The topological polar surface area (TPSA) is 91.5 Å². The largest absolute Gasteiger partial charge is 0.358 e. The van der Waals surface area contributed by atoms with E-state index < -0.39 is 0 Å². The molecule has 1 unspecified atom stereocenters. The molecule has 0 aliphatic carbocycles. The summed E-state index contributed by atoms with van der Waals surface area (Å²) in [4.78, 5) is 10.0. The molecule has 0 saturated carbocycles. The molecule has 6 nitrogen and oxygen atoms in total. The predicted molar refractivity (Wildman–Crippen MR) is 108 cm³/mol. The van der Waals surface area contributed by atoms with Crippen LogP contribution in [0.25, 0.3) is 10.9 Å². The SMILES string of the molecule is Cc1ccc(NSc2cnc(CN3CCC(C#N)C3)s2)c2[nH]cc(C#N)c12. The van der Waals surface area contributed by atoms with Gasteiger partial charge in [-0.05, 0) is 43.5 Å². The van der Waals surface area contributed by atoms with Gasteiger partial charge in [-0.2, -0.15) is 10.5 Å². The van der Waals surface area contributed by atoms with E-state index in [9.17, 15) is 5.26 Å². The lowest BCUT2D eigenvalue weighted by Crippen LogP contribution is -2.19. The van der Waals surface area contributed by atoms with E-state index in [1.165, 1.54) is 11.9 Å². The van der Waals surface area contributed by atoms with Gasteiger partial charge >= 0.3 is 0 Å². The maximum atomic E-state index is 9.28. The van der Waals surface area contributed by atoms with Gasteiger partial charge in [0.15, 0.2) is 0 Å². The van der Waals surface area contributed by atoms with Gasteiger partial charge in [0.1, 0.15) is 15.3 Å². The highest BCUT2D eigenvalue weighted by Gasteiger charge is 2.22. The van der Waals surface area contributed by atoms with E-state index in [1.807, 2.05) is 25.3 Å². The molecule has 1 atom stereocenters. The van der Waals surface area contributed by atoms with Gasteiger partial charge in [-0.25, -0.2) is 4.98 Å². The van der Waals surface area contributed by atoms with Crippen molar-refractivity contribution in [3.05, 3.63) is 40.7 Å². The van der Waals surface area contributed by atoms with Crippen LogP contribution in [0.2, 0.25) is 0 Å². The van der Waals surface area contributed by atoms with E-state index in [0.717, 1.165) is 57.4 Å². The Morgan fingerprint density at radius 1 is 1.44 bits per heavy atom. The number of nitrogens with one attached hydrogen (secondary N) is 2. The van der Waals surface area contributed by atoms with Crippen LogP contribution < -0.4 is 4.72 Å². The Labute approximate surface area is 166 Å². The summed E-state index contributed by atoms with van der Waals surface area (Å²) < 4.78 is 4.47. The number of H-pyrrole nitrogens is 1. The van der Waals surface area contributed by atoms with Crippen LogP contribution in [-0.4, -0.2) is 28.0 Å². The van der Waals surface area contributed by atoms with Crippen molar-refractivity contribution >= 4 is 39.9 Å². The first kappa shape index (κ1) is 17.9. The molecule has 2 N–H and O–H groups in total. The molecule has 1 aliphatic heterocycles. The summed E-state index contributed by atoms with van der Waals surface area (Å²) >= 11 is 3.20. The van der Waals surface area contributed by atoms with Gasteiger partial charge in [0.2, 0.25) is 0 Å². The average Bonchev–Trinajstić information content (AvgIpc) is 3.41. The third-order valence-electron chi connectivity index (χ3n) is 4.77. The normalized spacial score (nSPS) is 17.1. The molecule has 0 amide bonds. The van der Waals surface area contributed by atoms with E-state index in [-0.39, 0.29) is 5.92 Å². The summed E-state index contributed by atoms with van der Waals surface area (Å²) in [6.45, 7) is 4.62. The summed E-state index contributed by atoms with van der Waals surface area (Å²) in [6.07, 6.45) is 4.59. The van der Waals surface area contributed by atoms with Gasteiger partial charge in [0.25, 0.3) is 0 Å². The minimum atomic E-state index is 0.156. The summed E-state index contributed by atoms with van der Waals surface area (Å²) in [5.74, 6) is 0.156. The molecule has 0 spiro atoms. The molecule has 1 aliphatic rings. The number of nitriles is 2. The number of aromatic amines is 1. The van der Waals surface area contributed by atoms with Crippen LogP contribution in [0.3, 0.4) is 0 Å². The predicted octanol–water partition coefficient (Wildman–Crippen LogP) is 4.27. The maximum Gasteiger partial charge on any atom is 0.108 e. The summed E-state index contributed by atoms with van der Waals surface area (Å²) in [7, 11) is 0. The van der Waals surface area contributed by atoms with E-state index in [0.29, 0.717) is 5.56 Å². The molecule has 8 heteroatoms. The lowest BCUT2D eigenvalue weighted by molar-refractivity contribution is 0.324. The fraction of sp³-hybridized carbons (Fsp3) is 0.316. The zero-order chi connectivity index (χ0) is 18.8. The zero-order valence-electron chi connectivity index (χ0n) is 14.8. The van der Waals surface area contributed by atoms with Crippen molar-refractivity contribution in [3.8, 4) is 12.1 Å². The number of aryl methyl sites for hydroxylation is 1. The number of thiazole rings is 1. The second-order valence-corrected chi connectivity index (χ2v) is 8.84. The number of nitrogens with zero attached hydrogens (tertiary/aromatic N) is 4. The summed E-state index contributed by atoms with van der Waals surface area (Å²) in [6, 6.07) is 8.64. The number of aromatic nitrogens is 2. The van der Waals surface area contributed by atoms with Gasteiger partial charge in [-0.3, -0.25) is 4.90 Å². The lowest BCUT2D eigenvalue weighted by atomic mass is 10.1. The molecule has 2 aromatic heterocycles. The van der Waals surface area contributed by atoms with Gasteiger partial charge in [0, 0.05) is 18.1 Å². The Kier molecular flexibility index (Phi) is 5.04. The standard InChI is InChI=1S/C19H18N6S2/c1-12-2-3-15(19-18(12)14(7-21)8-23-19)24-27-17-9-22-16(26-17)11-25-5-4-13(6-20)10-25/h2-3,8-9,13,23-24H,4-5,10-11H2,1H3. The Hall–Kier alpha value is -2.52. The molecule has 0 bridgehead atoms. The molecule has 136 valence electrons. The molecule has 1 aromatic carbocycles. The number of rotatable bonds is 5. The fourth-order valence-electron chi connectivity index (χ4n) is 3.39. The van der Waals surface area contributed by atoms with E-state index in [2.05, 4.69) is 31.7 Å². The smallest absolute Gasteiger partial charge is 0.108 e. The van der Waals surface area contributed by atoms with Crippen LogP contribution in [0.15, 0.2) is 28.7 Å². The quantitative estimate of drug-likeness (QED) is 0.628. The summed E-state index contributed by atoms with van der Waals surface area (Å²) in [5.41, 5.74) is 3.65. The second-order valence-electron chi connectivity index (χ2n) is 6.62. The van der Waals surface area contributed by atoms with Gasteiger partial charge in [-0.15, -0.1) is 11.3 Å². The zero-order valence-corrected chi connectivity index (χ0v) is 16.5. The van der Waals surface area contributed by atoms with Crippen molar-refractivity contribution in [1.29, 1.82) is 10.5 Å². The van der Waals surface area contributed by atoms with E-state index >= 15 is 0 Å². The number of hydrogen-bond acceptors (Lipinski definition) is 7. The van der Waals surface area contributed by atoms with Crippen LogP contribution in [0.1, 0.15) is 22.6 Å². The van der Waals surface area contributed by atoms with Crippen LogP contribution in [0.4, 0.5) is 5.69 Å². The van der Waals surface area contributed by atoms with Crippen LogP contribution >= 0.6 is 23.3 Å². The first-order valence-electron chi connectivity index (χ1n) is 8.68. The molecule has 27 heavy (non-hydrogen) atoms. The number of benzene rings is 1. The van der Waals surface area contributed by atoms with Crippen molar-refractivity contribution in [1.82, 2.24) is 14.9 Å². The molecule has 3 aromatic rings. The highest BCUT2D eigenvalue weighted by molar-refractivity contribution is 8.02. The Balaban J connectivity index is 1.43. The highest BCUT2D eigenvalue weighted by Crippen LogP contribution is 2.33. The van der Waals surface area contributed by atoms with Crippen molar-refractivity contribution < 1.29 is 0 Å². The van der Waals surface area contributed by atoms with Crippen LogP contribution in [0, 0.1) is 35.5 Å². The van der Waals surface area contributed by atoms with Gasteiger partial charge < -0.3 is 9.71 Å². The van der Waals surface area contributed by atoms with Crippen molar-refractivity contribution in [2.75, 3.05) is 17.8 Å². The molecule has 1 fully saturated rings. The first-order chi connectivity index (χ1) is 13.2. The maximum absolute atomic E-state index is 9.28. The van der Waals surface area contributed by atoms with Crippen molar-refractivity contribution in [2.45, 2.75) is 24.1 Å². The monoisotopic (exact) mass is 394 g/mol. The van der Waals surface area contributed by atoms with Gasteiger partial charge in [0.05, 0.1) is 41.5 Å². The Bertz CT molecular complexity index is 1050. The van der Waals surface area contributed by atoms with Crippen molar-refractivity contribution in [3.63, 3.8) is 0 Å². The van der Waals surface area contributed by atoms with Crippen molar-refractivity contribution in [2.24, 2.45) is 5.92 Å². The number of fused-ring (bicyclic) bond motifs is 1. The Morgan fingerprint density at radius 2 is 2.33 bits per heavy atom. The first-order valence-corrected chi connectivity index (χ1v) is 10.3. The molecule has 3 heterocycles. The minimum Gasteiger partial charge on any atom is -0.358 e. The molecule has 0 radical (unpaired) electrons. The third-order valence-corrected chi connectivity index (χ3v) is 6.68. The molecule has 4 rings (SSSR count). The van der Waals surface area contributed by atoms with Gasteiger partial charge in [-0.1, -0.05) is 6.07 Å². The van der Waals surface area contributed by atoms with E-state index in [1.54, 1.807) is 17.5 Å². The van der Waals surface area contributed by atoms with Crippen LogP contribution in [0.5, 0.6) is 0 Å².